The maximum absolute atomic E-state index is 10.6. The number of hydrogen-bond donors (Lipinski definition) is 3. The van der Waals surface area contributed by atoms with Gasteiger partial charge in [-0.1, -0.05) is 0 Å². The Hall–Kier alpha value is -1.36. The Kier molecular flexibility index (Phi) is 2.82. The molecule has 0 aliphatic heterocycles. The van der Waals surface area contributed by atoms with Crippen LogP contribution in [0.15, 0.2) is 6.20 Å². The van der Waals surface area contributed by atoms with Gasteiger partial charge in [-0.15, -0.1) is 0 Å². The molecule has 0 saturated carbocycles. The van der Waals surface area contributed by atoms with Crippen molar-refractivity contribution in [3.63, 3.8) is 0 Å². The Morgan fingerprint density at radius 2 is 2.58 bits per heavy atom. The van der Waals surface area contributed by atoms with E-state index in [0.717, 1.165) is 0 Å². The Bertz CT molecular complexity index is 269. The van der Waals surface area contributed by atoms with E-state index >= 15 is 0 Å². The third-order valence-corrected chi connectivity index (χ3v) is 1.35. The molecular weight excluding hydrogens is 158 g/mol. The van der Waals surface area contributed by atoms with Crippen LogP contribution in [-0.4, -0.2) is 27.6 Å². The third kappa shape index (κ3) is 2.06. The second kappa shape index (κ2) is 3.87. The standard InChI is InChI=1S/C7H10N3O2/c8-6(12)7-9-4-5(10-7)2-1-3-11/h1,4,11H,2-3H2,(H2,8,12)(H,9,10). The third-order valence-electron chi connectivity index (χ3n) is 1.35. The number of aliphatic hydroxyl groups excluding tert-OH is 1. The number of aromatic nitrogens is 2. The minimum Gasteiger partial charge on any atom is -0.396 e. The summed E-state index contributed by atoms with van der Waals surface area (Å²) in [6, 6.07) is 0. The number of nitrogens with zero attached hydrogens (tertiary/aromatic N) is 1. The molecule has 0 unspecified atom stereocenters. The number of aromatic amines is 1. The number of rotatable bonds is 4. The summed E-state index contributed by atoms with van der Waals surface area (Å²) in [7, 11) is 0. The SMILES string of the molecule is NC(=O)c1nc(C[CH]CO)c[nH]1. The highest BCUT2D eigenvalue weighted by Crippen LogP contribution is 1.98. The average Bonchev–Trinajstić information content (AvgIpc) is 2.48. The first kappa shape index (κ1) is 8.73. The van der Waals surface area contributed by atoms with Crippen molar-refractivity contribution >= 4 is 5.91 Å². The topological polar surface area (TPSA) is 92.0 Å². The number of hydrogen-bond acceptors (Lipinski definition) is 3. The fourth-order valence-electron chi connectivity index (χ4n) is 0.803. The highest BCUT2D eigenvalue weighted by atomic mass is 16.2. The van der Waals surface area contributed by atoms with Gasteiger partial charge in [-0.25, -0.2) is 4.98 Å². The molecule has 12 heavy (non-hydrogen) atoms. The zero-order valence-corrected chi connectivity index (χ0v) is 6.45. The van der Waals surface area contributed by atoms with E-state index in [0.29, 0.717) is 12.1 Å². The van der Waals surface area contributed by atoms with Crippen molar-refractivity contribution in [2.75, 3.05) is 6.61 Å². The second-order valence-corrected chi connectivity index (χ2v) is 2.28. The number of carbonyl (C=O) groups is 1. The van der Waals surface area contributed by atoms with Gasteiger partial charge in [0, 0.05) is 12.8 Å². The summed E-state index contributed by atoms with van der Waals surface area (Å²) in [5.41, 5.74) is 5.66. The molecular formula is C7H10N3O2. The molecule has 65 valence electrons. The molecule has 4 N–H and O–H groups in total. The predicted octanol–water partition coefficient (Wildman–Crippen LogP) is -0.752. The Morgan fingerprint density at radius 1 is 1.83 bits per heavy atom. The van der Waals surface area contributed by atoms with Crippen LogP contribution in [0.3, 0.4) is 0 Å². The van der Waals surface area contributed by atoms with Crippen LogP contribution in [0, 0.1) is 6.42 Å². The molecule has 5 heteroatoms. The molecule has 0 fully saturated rings. The van der Waals surface area contributed by atoms with Crippen LogP contribution in [0.2, 0.25) is 0 Å². The van der Waals surface area contributed by atoms with Gasteiger partial charge >= 0.3 is 0 Å². The van der Waals surface area contributed by atoms with E-state index in [1.165, 1.54) is 0 Å². The van der Waals surface area contributed by atoms with E-state index in [2.05, 4.69) is 9.97 Å². The Labute approximate surface area is 69.6 Å². The zero-order chi connectivity index (χ0) is 8.97. The zero-order valence-electron chi connectivity index (χ0n) is 6.45. The number of aliphatic hydroxyl groups is 1. The van der Waals surface area contributed by atoms with E-state index in [1.54, 1.807) is 12.6 Å². The van der Waals surface area contributed by atoms with Gasteiger partial charge in [-0.05, 0) is 12.8 Å². The van der Waals surface area contributed by atoms with Gasteiger partial charge in [-0.2, -0.15) is 0 Å². The molecule has 1 aromatic heterocycles. The lowest BCUT2D eigenvalue weighted by Gasteiger charge is -1.89. The number of imidazole rings is 1. The molecule has 0 atom stereocenters. The molecule has 5 nitrogen and oxygen atoms in total. The number of amides is 1. The van der Waals surface area contributed by atoms with Crippen LogP contribution in [-0.2, 0) is 6.42 Å². The number of primary amides is 1. The first-order valence-corrected chi connectivity index (χ1v) is 3.50. The first-order chi connectivity index (χ1) is 5.74. The number of nitrogens with one attached hydrogen (secondary N) is 1. The summed E-state index contributed by atoms with van der Waals surface area (Å²) in [5.74, 6) is -0.429. The Balaban J connectivity index is 2.58. The van der Waals surface area contributed by atoms with Crippen molar-refractivity contribution in [2.24, 2.45) is 5.73 Å². The van der Waals surface area contributed by atoms with E-state index in [9.17, 15) is 4.79 Å². The van der Waals surface area contributed by atoms with Gasteiger partial charge in [-0.3, -0.25) is 4.79 Å². The van der Waals surface area contributed by atoms with E-state index in [-0.39, 0.29) is 12.4 Å². The number of H-pyrrole nitrogens is 1. The highest BCUT2D eigenvalue weighted by molar-refractivity contribution is 5.88. The molecule has 0 aliphatic rings. The van der Waals surface area contributed by atoms with Gasteiger partial charge < -0.3 is 15.8 Å². The van der Waals surface area contributed by atoms with E-state index < -0.39 is 5.91 Å². The van der Waals surface area contributed by atoms with Crippen molar-refractivity contribution in [3.8, 4) is 0 Å². The quantitative estimate of drug-likeness (QED) is 0.552. The largest absolute Gasteiger partial charge is 0.396 e. The lowest BCUT2D eigenvalue weighted by molar-refractivity contribution is 0.0991. The molecule has 0 saturated heterocycles. The predicted molar refractivity (Wildman–Crippen MR) is 42.2 cm³/mol. The maximum Gasteiger partial charge on any atom is 0.284 e. The average molecular weight is 168 g/mol. The minimum absolute atomic E-state index is 0.00123. The van der Waals surface area contributed by atoms with Crippen molar-refractivity contribution in [1.82, 2.24) is 9.97 Å². The lowest BCUT2D eigenvalue weighted by Crippen LogP contribution is -2.12. The van der Waals surface area contributed by atoms with Crippen LogP contribution in [0.5, 0.6) is 0 Å². The van der Waals surface area contributed by atoms with Gasteiger partial charge in [0.2, 0.25) is 0 Å². The normalized spacial score (nSPS) is 10.1. The molecule has 0 bridgehead atoms. The monoisotopic (exact) mass is 168 g/mol. The fraction of sp³-hybridized carbons (Fsp3) is 0.286. The number of carbonyl (C=O) groups excluding carboxylic acids is 1. The van der Waals surface area contributed by atoms with Gasteiger partial charge in [0.05, 0.1) is 5.69 Å². The van der Waals surface area contributed by atoms with Gasteiger partial charge in [0.15, 0.2) is 5.82 Å². The smallest absolute Gasteiger partial charge is 0.284 e. The highest BCUT2D eigenvalue weighted by Gasteiger charge is 2.04. The Morgan fingerprint density at radius 3 is 3.08 bits per heavy atom. The molecule has 1 heterocycles. The maximum atomic E-state index is 10.6. The summed E-state index contributed by atoms with van der Waals surface area (Å²) in [5, 5.41) is 8.46. The van der Waals surface area contributed by atoms with E-state index in [1.807, 2.05) is 0 Å². The van der Waals surface area contributed by atoms with Gasteiger partial charge in [0.25, 0.3) is 5.91 Å². The van der Waals surface area contributed by atoms with Crippen molar-refractivity contribution in [3.05, 3.63) is 24.1 Å². The number of nitrogens with two attached hydrogens (primary N) is 1. The van der Waals surface area contributed by atoms with Crippen LogP contribution >= 0.6 is 0 Å². The summed E-state index contributed by atoms with van der Waals surface area (Å²) < 4.78 is 0. The first-order valence-electron chi connectivity index (χ1n) is 3.50. The molecule has 0 aromatic carbocycles. The molecule has 0 spiro atoms. The van der Waals surface area contributed by atoms with Crippen LogP contribution in [0.1, 0.15) is 16.3 Å². The molecule has 1 amide bonds. The molecule has 1 radical (unpaired) electrons. The molecule has 0 aliphatic carbocycles. The summed E-state index contributed by atoms with van der Waals surface area (Å²) in [6.45, 7) is -0.00123. The summed E-state index contributed by atoms with van der Waals surface area (Å²) >= 11 is 0. The van der Waals surface area contributed by atoms with Crippen molar-refractivity contribution in [1.29, 1.82) is 0 Å². The second-order valence-electron chi connectivity index (χ2n) is 2.28. The fourth-order valence-corrected chi connectivity index (χ4v) is 0.803. The minimum atomic E-state index is -0.578. The molecule has 1 rings (SSSR count). The molecule has 1 aromatic rings. The lowest BCUT2D eigenvalue weighted by atomic mass is 10.3. The summed E-state index contributed by atoms with van der Waals surface area (Å²) in [4.78, 5) is 17.1. The van der Waals surface area contributed by atoms with Crippen molar-refractivity contribution < 1.29 is 9.90 Å². The van der Waals surface area contributed by atoms with Crippen LogP contribution < -0.4 is 5.73 Å². The van der Waals surface area contributed by atoms with Crippen LogP contribution in [0.25, 0.3) is 0 Å². The van der Waals surface area contributed by atoms with Crippen molar-refractivity contribution in [2.45, 2.75) is 6.42 Å². The van der Waals surface area contributed by atoms with E-state index in [4.69, 9.17) is 10.8 Å². The summed E-state index contributed by atoms with van der Waals surface area (Å²) in [6.07, 6.45) is 3.76. The van der Waals surface area contributed by atoms with Gasteiger partial charge in [0.1, 0.15) is 0 Å². The van der Waals surface area contributed by atoms with Crippen LogP contribution in [0.4, 0.5) is 0 Å².